The van der Waals surface area contributed by atoms with Crippen molar-refractivity contribution in [2.75, 3.05) is 13.1 Å². The molecule has 3 heterocycles. The van der Waals surface area contributed by atoms with Gasteiger partial charge in [-0.15, -0.1) is 0 Å². The van der Waals surface area contributed by atoms with Crippen LogP contribution in [0.3, 0.4) is 0 Å². The number of hydrogen-bond donors (Lipinski definition) is 1. The SMILES string of the molecule is CC1(CC2CCN(C(=O)c3cccnc3)CC2)SC(=N[C@H]2C[C@H]3CCCCC2C3)NC1=O. The summed E-state index contributed by atoms with van der Waals surface area (Å²) in [4.78, 5) is 36.6. The zero-order chi connectivity index (χ0) is 22.1. The molecule has 2 amide bonds. The van der Waals surface area contributed by atoms with E-state index in [1.165, 1.54) is 38.5 Å². The number of piperidine rings is 1. The fourth-order valence-corrected chi connectivity index (χ4v) is 7.40. The number of likely N-dealkylation sites (tertiary alicyclic amines) is 1. The predicted octanol–water partition coefficient (Wildman–Crippen LogP) is 4.27. The molecule has 0 spiro atoms. The van der Waals surface area contributed by atoms with Gasteiger partial charge in [-0.25, -0.2) is 0 Å². The maximum absolute atomic E-state index is 12.9. The van der Waals surface area contributed by atoms with Gasteiger partial charge < -0.3 is 10.2 Å². The van der Waals surface area contributed by atoms with Crippen LogP contribution in [0.5, 0.6) is 0 Å². The van der Waals surface area contributed by atoms with Gasteiger partial charge in [0.15, 0.2) is 5.17 Å². The molecule has 4 aliphatic rings. The molecule has 5 rings (SSSR count). The number of hydrogen-bond acceptors (Lipinski definition) is 5. The summed E-state index contributed by atoms with van der Waals surface area (Å²) < 4.78 is -0.455. The maximum atomic E-state index is 12.9. The highest BCUT2D eigenvalue weighted by Crippen LogP contribution is 2.44. The Kier molecular flexibility index (Phi) is 6.28. The van der Waals surface area contributed by atoms with Crippen LogP contribution in [-0.4, -0.2) is 50.7 Å². The highest BCUT2D eigenvalue weighted by molar-refractivity contribution is 8.16. The van der Waals surface area contributed by atoms with Crippen molar-refractivity contribution in [3.05, 3.63) is 30.1 Å². The summed E-state index contributed by atoms with van der Waals surface area (Å²) in [5.74, 6) is 2.16. The molecular weight excluding hydrogens is 420 g/mol. The van der Waals surface area contributed by atoms with Crippen molar-refractivity contribution in [2.24, 2.45) is 22.7 Å². The molecule has 2 saturated heterocycles. The molecule has 2 unspecified atom stereocenters. The van der Waals surface area contributed by atoms with Crippen LogP contribution in [0.2, 0.25) is 0 Å². The quantitative estimate of drug-likeness (QED) is 0.737. The Hall–Kier alpha value is -1.89. The van der Waals surface area contributed by atoms with Gasteiger partial charge >= 0.3 is 0 Å². The molecule has 4 fully saturated rings. The highest BCUT2D eigenvalue weighted by atomic mass is 32.2. The lowest BCUT2D eigenvalue weighted by molar-refractivity contribution is -0.121. The third-order valence-electron chi connectivity index (χ3n) is 7.99. The Morgan fingerprint density at radius 2 is 2.06 bits per heavy atom. The van der Waals surface area contributed by atoms with Gasteiger partial charge in [-0.2, -0.15) is 0 Å². The molecule has 0 radical (unpaired) electrons. The van der Waals surface area contributed by atoms with Crippen LogP contribution in [0.15, 0.2) is 29.5 Å². The molecule has 2 aliphatic carbocycles. The molecular formula is C25H34N4O2S. The first-order valence-corrected chi connectivity index (χ1v) is 13.1. The largest absolute Gasteiger partial charge is 0.339 e. The van der Waals surface area contributed by atoms with Crippen LogP contribution in [0.1, 0.15) is 75.1 Å². The molecule has 6 nitrogen and oxygen atoms in total. The molecule has 4 atom stereocenters. The topological polar surface area (TPSA) is 74.7 Å². The van der Waals surface area contributed by atoms with Crippen molar-refractivity contribution < 1.29 is 9.59 Å². The minimum atomic E-state index is -0.455. The van der Waals surface area contributed by atoms with Crippen molar-refractivity contribution in [3.8, 4) is 0 Å². The zero-order valence-corrected chi connectivity index (χ0v) is 19.8. The molecule has 2 saturated carbocycles. The Labute approximate surface area is 195 Å². The maximum Gasteiger partial charge on any atom is 0.255 e. The van der Waals surface area contributed by atoms with Gasteiger partial charge in [0.25, 0.3) is 5.91 Å². The molecule has 1 aromatic rings. The van der Waals surface area contributed by atoms with Crippen LogP contribution in [0.4, 0.5) is 0 Å². The van der Waals surface area contributed by atoms with E-state index in [-0.39, 0.29) is 11.8 Å². The average Bonchev–Trinajstić information content (AvgIpc) is 3.18. The Morgan fingerprint density at radius 3 is 2.84 bits per heavy atom. The van der Waals surface area contributed by atoms with Crippen molar-refractivity contribution in [3.63, 3.8) is 0 Å². The van der Waals surface area contributed by atoms with Crippen LogP contribution in [0.25, 0.3) is 0 Å². The lowest BCUT2D eigenvalue weighted by Gasteiger charge is -2.34. The second-order valence-corrected chi connectivity index (χ2v) is 11.8. The molecule has 1 N–H and O–H groups in total. The predicted molar refractivity (Wildman–Crippen MR) is 128 cm³/mol. The standard InChI is InChI=1S/C25H34N4O2S/c1-25(15-17-8-11-29(12-9-17)22(30)20-7-4-10-26-16-20)23(31)28-24(32-25)27-21-14-18-5-2-3-6-19(21)13-18/h4,7,10,16-19,21H,2-3,5-6,8-9,11-15H2,1H3,(H,27,28,31)/t18-,19?,21-,25?/m0/s1. The van der Waals surface area contributed by atoms with Crippen LogP contribution >= 0.6 is 11.8 Å². The van der Waals surface area contributed by atoms with Crippen molar-refractivity contribution in [1.82, 2.24) is 15.2 Å². The number of carbonyl (C=O) groups is 2. The number of aromatic nitrogens is 1. The van der Waals surface area contributed by atoms with Gasteiger partial charge in [0.1, 0.15) is 0 Å². The number of thioether (sulfide) groups is 1. The molecule has 0 aromatic carbocycles. The van der Waals surface area contributed by atoms with E-state index in [0.717, 1.165) is 43.4 Å². The number of fused-ring (bicyclic) bond motifs is 2. The van der Waals surface area contributed by atoms with Gasteiger partial charge in [0.05, 0.1) is 16.4 Å². The van der Waals surface area contributed by atoms with E-state index in [0.29, 0.717) is 23.4 Å². The van der Waals surface area contributed by atoms with Gasteiger partial charge in [0.2, 0.25) is 5.91 Å². The number of aliphatic imine (C=N–C) groups is 1. The van der Waals surface area contributed by atoms with Crippen LogP contribution < -0.4 is 5.32 Å². The van der Waals surface area contributed by atoms with Gasteiger partial charge in [-0.05, 0) is 75.3 Å². The van der Waals surface area contributed by atoms with Crippen LogP contribution in [0, 0.1) is 17.8 Å². The van der Waals surface area contributed by atoms with E-state index in [4.69, 9.17) is 4.99 Å². The third kappa shape index (κ3) is 4.59. The first kappa shape index (κ1) is 21.9. The summed E-state index contributed by atoms with van der Waals surface area (Å²) in [6, 6.07) is 4.02. The lowest BCUT2D eigenvalue weighted by Crippen LogP contribution is -2.41. The number of rotatable bonds is 4. The Balaban J connectivity index is 1.16. The first-order chi connectivity index (χ1) is 15.5. The minimum Gasteiger partial charge on any atom is -0.339 e. The van der Waals surface area contributed by atoms with Crippen LogP contribution in [-0.2, 0) is 4.79 Å². The summed E-state index contributed by atoms with van der Waals surface area (Å²) >= 11 is 1.65. The fraction of sp³-hybridized carbons (Fsp3) is 0.680. The summed E-state index contributed by atoms with van der Waals surface area (Å²) in [7, 11) is 0. The molecule has 32 heavy (non-hydrogen) atoms. The monoisotopic (exact) mass is 454 g/mol. The van der Waals surface area contributed by atoms with Gasteiger partial charge in [-0.1, -0.05) is 31.0 Å². The summed E-state index contributed by atoms with van der Waals surface area (Å²) in [6.07, 6.45) is 13.9. The lowest BCUT2D eigenvalue weighted by atomic mass is 9.87. The third-order valence-corrected chi connectivity index (χ3v) is 9.19. The molecule has 172 valence electrons. The summed E-state index contributed by atoms with van der Waals surface area (Å²) in [6.45, 7) is 3.56. The smallest absolute Gasteiger partial charge is 0.255 e. The highest BCUT2D eigenvalue weighted by Gasteiger charge is 2.45. The van der Waals surface area contributed by atoms with E-state index in [1.807, 2.05) is 11.0 Å². The van der Waals surface area contributed by atoms with Gasteiger partial charge in [0, 0.05) is 25.5 Å². The van der Waals surface area contributed by atoms with Crippen molar-refractivity contribution >= 4 is 28.7 Å². The molecule has 2 aliphatic heterocycles. The Bertz CT molecular complexity index is 883. The van der Waals surface area contributed by atoms with E-state index >= 15 is 0 Å². The number of nitrogens with zero attached hydrogens (tertiary/aromatic N) is 3. The fourth-order valence-electron chi connectivity index (χ4n) is 6.18. The summed E-state index contributed by atoms with van der Waals surface area (Å²) in [5, 5.41) is 3.95. The zero-order valence-electron chi connectivity index (χ0n) is 19.0. The van der Waals surface area contributed by atoms with Gasteiger partial charge in [-0.3, -0.25) is 19.6 Å². The average molecular weight is 455 g/mol. The number of amides is 2. The van der Waals surface area contributed by atoms with E-state index in [9.17, 15) is 9.59 Å². The normalized spacial score (nSPS) is 34.5. The molecule has 2 bridgehead atoms. The van der Waals surface area contributed by atoms with Crippen molar-refractivity contribution in [1.29, 1.82) is 0 Å². The number of carbonyl (C=O) groups excluding carboxylic acids is 2. The number of amidine groups is 1. The summed E-state index contributed by atoms with van der Waals surface area (Å²) in [5.41, 5.74) is 0.650. The van der Waals surface area contributed by atoms with E-state index in [2.05, 4.69) is 17.2 Å². The van der Waals surface area contributed by atoms with E-state index < -0.39 is 4.75 Å². The number of pyridine rings is 1. The second kappa shape index (κ2) is 9.16. The Morgan fingerprint density at radius 1 is 1.25 bits per heavy atom. The molecule has 1 aromatic heterocycles. The second-order valence-electron chi connectivity index (χ2n) is 10.4. The molecule has 7 heteroatoms. The first-order valence-electron chi connectivity index (χ1n) is 12.3. The minimum absolute atomic E-state index is 0.0581. The number of nitrogens with one attached hydrogen (secondary N) is 1. The van der Waals surface area contributed by atoms with Crippen molar-refractivity contribution in [2.45, 2.75) is 75.5 Å². The van der Waals surface area contributed by atoms with E-state index in [1.54, 1.807) is 30.2 Å².